The van der Waals surface area contributed by atoms with Gasteiger partial charge in [0.25, 0.3) is 0 Å². The third kappa shape index (κ3) is 2.85. The average Bonchev–Trinajstić information content (AvgIpc) is 2.84. The van der Waals surface area contributed by atoms with Crippen LogP contribution < -0.4 is 5.32 Å². The zero-order valence-electron chi connectivity index (χ0n) is 9.72. The van der Waals surface area contributed by atoms with Crippen molar-refractivity contribution >= 4 is 5.69 Å². The van der Waals surface area contributed by atoms with Gasteiger partial charge in [0, 0.05) is 30.5 Å². The summed E-state index contributed by atoms with van der Waals surface area (Å²) >= 11 is 0. The van der Waals surface area contributed by atoms with Crippen LogP contribution >= 0.6 is 0 Å². The largest absolute Gasteiger partial charge is 0.381 e. The van der Waals surface area contributed by atoms with Crippen molar-refractivity contribution in [2.75, 3.05) is 5.32 Å². The quantitative estimate of drug-likeness (QED) is 0.870. The first kappa shape index (κ1) is 11.2. The fraction of sp³-hybridized carbons (Fsp3) is 0.231. The summed E-state index contributed by atoms with van der Waals surface area (Å²) in [5, 5.41) is 16.3. The minimum absolute atomic E-state index is 0.666. The number of nitriles is 1. The van der Waals surface area contributed by atoms with E-state index >= 15 is 0 Å². The average molecular weight is 226 g/mol. The molecule has 0 aliphatic heterocycles. The second-order valence-electron chi connectivity index (χ2n) is 3.75. The summed E-state index contributed by atoms with van der Waals surface area (Å²) in [5.41, 5.74) is 2.75. The van der Waals surface area contributed by atoms with Crippen molar-refractivity contribution in [3.63, 3.8) is 0 Å². The highest BCUT2D eigenvalue weighted by atomic mass is 15.3. The smallest absolute Gasteiger partial charge is 0.0992 e. The van der Waals surface area contributed by atoms with Crippen LogP contribution in [0.15, 0.2) is 36.7 Å². The molecule has 17 heavy (non-hydrogen) atoms. The van der Waals surface area contributed by atoms with Crippen molar-refractivity contribution < 1.29 is 0 Å². The number of aryl methyl sites for hydroxylation is 1. The lowest BCUT2D eigenvalue weighted by atomic mass is 10.2. The SMILES string of the molecule is CCn1cc(CNc2cccc(C#N)c2)cn1. The predicted octanol–water partition coefficient (Wildman–Crippen LogP) is 2.39. The van der Waals surface area contributed by atoms with Gasteiger partial charge in [0.1, 0.15) is 0 Å². The molecule has 2 rings (SSSR count). The van der Waals surface area contributed by atoms with Crippen molar-refractivity contribution in [3.05, 3.63) is 47.8 Å². The molecule has 0 radical (unpaired) electrons. The van der Waals surface area contributed by atoms with E-state index in [1.165, 1.54) is 0 Å². The van der Waals surface area contributed by atoms with Crippen LogP contribution in [0.1, 0.15) is 18.1 Å². The van der Waals surface area contributed by atoms with Gasteiger partial charge < -0.3 is 5.32 Å². The Morgan fingerprint density at radius 1 is 1.47 bits per heavy atom. The lowest BCUT2D eigenvalue weighted by Crippen LogP contribution is -1.98. The summed E-state index contributed by atoms with van der Waals surface area (Å²) in [6, 6.07) is 9.57. The van der Waals surface area contributed by atoms with Crippen LogP contribution in [0, 0.1) is 11.3 Å². The summed E-state index contributed by atoms with van der Waals surface area (Å²) in [6.45, 7) is 3.65. The number of nitrogens with one attached hydrogen (secondary N) is 1. The van der Waals surface area contributed by atoms with E-state index in [1.807, 2.05) is 35.3 Å². The maximum absolute atomic E-state index is 8.79. The molecule has 4 heteroatoms. The fourth-order valence-electron chi connectivity index (χ4n) is 1.57. The highest BCUT2D eigenvalue weighted by Crippen LogP contribution is 2.11. The number of anilines is 1. The van der Waals surface area contributed by atoms with Crippen molar-refractivity contribution in [2.24, 2.45) is 0 Å². The molecule has 0 fully saturated rings. The van der Waals surface area contributed by atoms with Gasteiger partial charge in [-0.05, 0) is 25.1 Å². The van der Waals surface area contributed by atoms with Crippen LogP contribution in [0.2, 0.25) is 0 Å². The molecule has 0 unspecified atom stereocenters. The molecule has 1 N–H and O–H groups in total. The third-order valence-corrected chi connectivity index (χ3v) is 2.50. The Kier molecular flexibility index (Phi) is 3.41. The zero-order valence-corrected chi connectivity index (χ0v) is 9.72. The number of nitrogens with zero attached hydrogens (tertiary/aromatic N) is 3. The number of hydrogen-bond acceptors (Lipinski definition) is 3. The van der Waals surface area contributed by atoms with Crippen LogP contribution in [0.5, 0.6) is 0 Å². The van der Waals surface area contributed by atoms with Crippen molar-refractivity contribution in [1.82, 2.24) is 9.78 Å². The van der Waals surface area contributed by atoms with Gasteiger partial charge in [0.2, 0.25) is 0 Å². The molecule has 0 bridgehead atoms. The Hall–Kier alpha value is -2.28. The first-order chi connectivity index (χ1) is 8.31. The van der Waals surface area contributed by atoms with Crippen LogP contribution in [-0.2, 0) is 13.1 Å². The summed E-state index contributed by atoms with van der Waals surface area (Å²) in [6.07, 6.45) is 3.87. The van der Waals surface area contributed by atoms with E-state index in [0.29, 0.717) is 5.56 Å². The monoisotopic (exact) mass is 226 g/mol. The predicted molar refractivity (Wildman–Crippen MR) is 66.4 cm³/mol. The molecule has 0 amide bonds. The van der Waals surface area contributed by atoms with Crippen LogP contribution in [0.4, 0.5) is 5.69 Å². The number of aromatic nitrogens is 2. The maximum Gasteiger partial charge on any atom is 0.0992 e. The number of benzene rings is 1. The summed E-state index contributed by atoms with van der Waals surface area (Å²) in [4.78, 5) is 0. The second kappa shape index (κ2) is 5.17. The van der Waals surface area contributed by atoms with E-state index in [9.17, 15) is 0 Å². The number of rotatable bonds is 4. The molecule has 86 valence electrons. The van der Waals surface area contributed by atoms with Crippen molar-refractivity contribution in [1.29, 1.82) is 5.26 Å². The Balaban J connectivity index is 1.99. The minimum Gasteiger partial charge on any atom is -0.381 e. The molecule has 1 heterocycles. The van der Waals surface area contributed by atoms with E-state index in [4.69, 9.17) is 5.26 Å². The maximum atomic E-state index is 8.79. The Labute approximate surface area is 100 Å². The lowest BCUT2D eigenvalue weighted by molar-refractivity contribution is 0.659. The van der Waals surface area contributed by atoms with Gasteiger partial charge in [-0.25, -0.2) is 0 Å². The van der Waals surface area contributed by atoms with Gasteiger partial charge >= 0.3 is 0 Å². The standard InChI is InChI=1S/C13H14N4/c1-2-17-10-12(9-16-17)8-15-13-5-3-4-11(6-13)7-14/h3-6,9-10,15H,2,8H2,1H3. The summed E-state index contributed by atoms with van der Waals surface area (Å²) < 4.78 is 1.89. The molecule has 1 aromatic heterocycles. The van der Waals surface area contributed by atoms with Crippen molar-refractivity contribution in [2.45, 2.75) is 20.0 Å². The van der Waals surface area contributed by atoms with Crippen LogP contribution in [0.3, 0.4) is 0 Å². The van der Waals surface area contributed by atoms with Crippen molar-refractivity contribution in [3.8, 4) is 6.07 Å². The van der Waals surface area contributed by atoms with Gasteiger partial charge in [-0.15, -0.1) is 0 Å². The van der Waals surface area contributed by atoms with E-state index in [2.05, 4.69) is 23.4 Å². The van der Waals surface area contributed by atoms with Gasteiger partial charge in [-0.2, -0.15) is 10.4 Å². The minimum atomic E-state index is 0.666. The molecule has 0 aliphatic carbocycles. The van der Waals surface area contributed by atoms with Gasteiger partial charge in [0.05, 0.1) is 17.8 Å². The van der Waals surface area contributed by atoms with E-state index < -0.39 is 0 Å². The van der Waals surface area contributed by atoms with E-state index in [1.54, 1.807) is 6.07 Å². The molecule has 0 saturated heterocycles. The molecular formula is C13H14N4. The molecule has 0 saturated carbocycles. The summed E-state index contributed by atoms with van der Waals surface area (Å²) in [7, 11) is 0. The topological polar surface area (TPSA) is 53.6 Å². The number of hydrogen-bond donors (Lipinski definition) is 1. The van der Waals surface area contributed by atoms with Gasteiger partial charge in [-0.3, -0.25) is 4.68 Å². The van der Waals surface area contributed by atoms with E-state index in [0.717, 1.165) is 24.3 Å². The van der Waals surface area contributed by atoms with E-state index in [-0.39, 0.29) is 0 Å². The first-order valence-corrected chi connectivity index (χ1v) is 5.57. The highest BCUT2D eigenvalue weighted by molar-refractivity contribution is 5.49. The van der Waals surface area contributed by atoms with Crippen LogP contribution in [-0.4, -0.2) is 9.78 Å². The lowest BCUT2D eigenvalue weighted by Gasteiger charge is -2.04. The Morgan fingerprint density at radius 2 is 2.35 bits per heavy atom. The Morgan fingerprint density at radius 3 is 3.06 bits per heavy atom. The molecular weight excluding hydrogens is 212 g/mol. The molecule has 0 atom stereocenters. The Bertz CT molecular complexity index is 536. The highest BCUT2D eigenvalue weighted by Gasteiger charge is 1.98. The fourth-order valence-corrected chi connectivity index (χ4v) is 1.57. The zero-order chi connectivity index (χ0) is 12.1. The second-order valence-corrected chi connectivity index (χ2v) is 3.75. The third-order valence-electron chi connectivity index (χ3n) is 2.50. The normalized spacial score (nSPS) is 9.88. The molecule has 4 nitrogen and oxygen atoms in total. The molecule has 0 aliphatic rings. The molecule has 1 aromatic carbocycles. The molecule has 0 spiro atoms. The summed E-state index contributed by atoms with van der Waals surface area (Å²) in [5.74, 6) is 0. The van der Waals surface area contributed by atoms with Crippen LogP contribution in [0.25, 0.3) is 0 Å². The first-order valence-electron chi connectivity index (χ1n) is 5.57. The van der Waals surface area contributed by atoms with Gasteiger partial charge in [0.15, 0.2) is 0 Å². The van der Waals surface area contributed by atoms with Gasteiger partial charge in [-0.1, -0.05) is 6.07 Å². The molecule has 2 aromatic rings.